The molecule has 0 rings (SSSR count). The summed E-state index contributed by atoms with van der Waals surface area (Å²) in [6.07, 6.45) is 0.903. The van der Waals surface area contributed by atoms with E-state index in [1.807, 2.05) is 0 Å². The molecule has 1 N–H and O–H groups in total. The zero-order chi connectivity index (χ0) is 10.3. The van der Waals surface area contributed by atoms with Crippen LogP contribution in [0.2, 0.25) is 0 Å². The molecule has 4 heteroatoms. The second kappa shape index (κ2) is 6.34. The number of nitrogens with one attached hydrogen (secondary N) is 1. The maximum atomic E-state index is 11.0. The zero-order valence-electron chi connectivity index (χ0n) is 8.05. The molecule has 0 aromatic rings. The van der Waals surface area contributed by atoms with Gasteiger partial charge in [0.05, 0.1) is 6.54 Å². The van der Waals surface area contributed by atoms with E-state index in [-0.39, 0.29) is 36.9 Å². The van der Waals surface area contributed by atoms with Crippen LogP contribution in [-0.2, 0) is 14.4 Å². The van der Waals surface area contributed by atoms with Gasteiger partial charge in [0, 0.05) is 19.3 Å². The summed E-state index contributed by atoms with van der Waals surface area (Å²) >= 11 is 0. The number of Topliss-reactive ketones (excluding diaryl/α,β-unsaturated/α-hetero) is 2. The van der Waals surface area contributed by atoms with E-state index in [4.69, 9.17) is 0 Å². The van der Waals surface area contributed by atoms with Gasteiger partial charge in [-0.25, -0.2) is 0 Å². The molecule has 0 aliphatic carbocycles. The van der Waals surface area contributed by atoms with Gasteiger partial charge in [-0.05, 0) is 6.92 Å². The van der Waals surface area contributed by atoms with Crippen LogP contribution in [0.4, 0.5) is 0 Å². The molecule has 0 saturated carbocycles. The van der Waals surface area contributed by atoms with Crippen LogP contribution < -0.4 is 5.32 Å². The smallest absolute Gasteiger partial charge is 0.220 e. The Kier molecular flexibility index (Phi) is 5.76. The van der Waals surface area contributed by atoms with E-state index in [0.29, 0.717) is 6.42 Å². The van der Waals surface area contributed by atoms with Gasteiger partial charge >= 0.3 is 0 Å². The minimum atomic E-state index is -0.239. The summed E-state index contributed by atoms with van der Waals surface area (Å²) in [5, 5.41) is 2.42. The molecular weight excluding hydrogens is 170 g/mol. The second-order valence-corrected chi connectivity index (χ2v) is 2.87. The van der Waals surface area contributed by atoms with Crippen molar-refractivity contribution >= 4 is 17.5 Å². The Labute approximate surface area is 77.7 Å². The lowest BCUT2D eigenvalue weighted by Crippen LogP contribution is -2.28. The number of ketones is 2. The highest BCUT2D eigenvalue weighted by Crippen LogP contribution is 1.93. The zero-order valence-corrected chi connectivity index (χ0v) is 8.05. The fourth-order valence-corrected chi connectivity index (χ4v) is 0.741. The highest BCUT2D eigenvalue weighted by molar-refractivity contribution is 5.87. The van der Waals surface area contributed by atoms with Crippen molar-refractivity contribution in [2.75, 3.05) is 6.54 Å². The van der Waals surface area contributed by atoms with Gasteiger partial charge in [-0.15, -0.1) is 0 Å². The third-order valence-corrected chi connectivity index (χ3v) is 1.56. The SMILES string of the molecule is CCC(=O)CCC(=O)NCC(C)=O. The molecule has 0 atom stereocenters. The van der Waals surface area contributed by atoms with Crippen molar-refractivity contribution < 1.29 is 14.4 Å². The molecule has 0 radical (unpaired) electrons. The van der Waals surface area contributed by atoms with Crippen LogP contribution in [0, 0.1) is 0 Å². The molecule has 0 aromatic heterocycles. The quantitative estimate of drug-likeness (QED) is 0.653. The Bertz CT molecular complexity index is 211. The highest BCUT2D eigenvalue weighted by atomic mass is 16.2. The molecule has 13 heavy (non-hydrogen) atoms. The second-order valence-electron chi connectivity index (χ2n) is 2.87. The van der Waals surface area contributed by atoms with E-state index in [9.17, 15) is 14.4 Å². The summed E-state index contributed by atoms with van der Waals surface area (Å²) in [4.78, 5) is 32.2. The molecule has 1 amide bonds. The van der Waals surface area contributed by atoms with Crippen molar-refractivity contribution in [1.29, 1.82) is 0 Å². The third-order valence-electron chi connectivity index (χ3n) is 1.56. The van der Waals surface area contributed by atoms with Gasteiger partial charge in [0.25, 0.3) is 0 Å². The molecule has 0 bridgehead atoms. The third kappa shape index (κ3) is 7.18. The average molecular weight is 185 g/mol. The largest absolute Gasteiger partial charge is 0.349 e. The monoisotopic (exact) mass is 185 g/mol. The van der Waals surface area contributed by atoms with Crippen LogP contribution in [0.1, 0.15) is 33.1 Å². The number of hydrogen-bond acceptors (Lipinski definition) is 3. The Morgan fingerprint density at radius 1 is 1.15 bits per heavy atom. The fourth-order valence-electron chi connectivity index (χ4n) is 0.741. The van der Waals surface area contributed by atoms with Crippen LogP contribution in [-0.4, -0.2) is 24.0 Å². The van der Waals surface area contributed by atoms with Gasteiger partial charge in [-0.2, -0.15) is 0 Å². The van der Waals surface area contributed by atoms with Gasteiger partial charge in [0.1, 0.15) is 11.6 Å². The minimum absolute atomic E-state index is 0.0547. The highest BCUT2D eigenvalue weighted by Gasteiger charge is 2.05. The summed E-state index contributed by atoms with van der Waals surface area (Å²) in [7, 11) is 0. The molecule has 0 spiro atoms. The minimum Gasteiger partial charge on any atom is -0.349 e. The first kappa shape index (κ1) is 11.8. The van der Waals surface area contributed by atoms with Crippen LogP contribution >= 0.6 is 0 Å². The Morgan fingerprint density at radius 3 is 2.23 bits per heavy atom. The number of hydrogen-bond donors (Lipinski definition) is 1. The summed E-state index contributed by atoms with van der Waals surface area (Å²) in [5.41, 5.74) is 0. The molecular formula is C9H15NO3. The normalized spacial score (nSPS) is 9.38. The molecule has 0 unspecified atom stereocenters. The van der Waals surface area contributed by atoms with E-state index < -0.39 is 0 Å². The van der Waals surface area contributed by atoms with Crippen molar-refractivity contribution in [1.82, 2.24) is 5.32 Å². The van der Waals surface area contributed by atoms with E-state index in [1.165, 1.54) is 6.92 Å². The van der Waals surface area contributed by atoms with E-state index in [1.54, 1.807) is 6.92 Å². The standard InChI is InChI=1S/C9H15NO3/c1-3-8(12)4-5-9(13)10-6-7(2)11/h3-6H2,1-2H3,(H,10,13). The molecule has 0 aliphatic rings. The number of carbonyl (C=O) groups is 3. The predicted molar refractivity (Wildman–Crippen MR) is 48.2 cm³/mol. The Hall–Kier alpha value is -1.19. The molecule has 0 saturated heterocycles. The summed E-state index contributed by atoms with van der Waals surface area (Å²) < 4.78 is 0. The number of carbonyl (C=O) groups excluding carboxylic acids is 3. The lowest BCUT2D eigenvalue weighted by Gasteiger charge is -2.00. The maximum Gasteiger partial charge on any atom is 0.220 e. The van der Waals surface area contributed by atoms with Crippen LogP contribution in [0.3, 0.4) is 0 Å². The Balaban J connectivity index is 3.52. The molecule has 0 aromatic carbocycles. The van der Waals surface area contributed by atoms with Crippen LogP contribution in [0.5, 0.6) is 0 Å². The first-order chi connectivity index (χ1) is 6.06. The molecule has 0 heterocycles. The average Bonchev–Trinajstić information content (AvgIpc) is 2.10. The topological polar surface area (TPSA) is 63.2 Å². The predicted octanol–water partition coefficient (Wildman–Crippen LogP) is 0.451. The van der Waals surface area contributed by atoms with E-state index in [2.05, 4.69) is 5.32 Å². The van der Waals surface area contributed by atoms with E-state index >= 15 is 0 Å². The molecule has 4 nitrogen and oxygen atoms in total. The first-order valence-electron chi connectivity index (χ1n) is 4.34. The van der Waals surface area contributed by atoms with Crippen molar-refractivity contribution in [3.63, 3.8) is 0 Å². The van der Waals surface area contributed by atoms with Crippen LogP contribution in [0.25, 0.3) is 0 Å². The summed E-state index contributed by atoms with van der Waals surface area (Å²) in [6.45, 7) is 3.21. The van der Waals surface area contributed by atoms with Gasteiger partial charge in [-0.1, -0.05) is 6.92 Å². The Morgan fingerprint density at radius 2 is 1.77 bits per heavy atom. The number of amides is 1. The van der Waals surface area contributed by atoms with Crippen molar-refractivity contribution in [3.8, 4) is 0 Å². The molecule has 0 fully saturated rings. The van der Waals surface area contributed by atoms with E-state index in [0.717, 1.165) is 0 Å². The van der Waals surface area contributed by atoms with Gasteiger partial charge in [-0.3, -0.25) is 14.4 Å². The first-order valence-corrected chi connectivity index (χ1v) is 4.34. The van der Waals surface area contributed by atoms with Crippen molar-refractivity contribution in [3.05, 3.63) is 0 Å². The van der Waals surface area contributed by atoms with Crippen molar-refractivity contribution in [2.45, 2.75) is 33.1 Å². The molecule has 74 valence electrons. The van der Waals surface area contributed by atoms with Gasteiger partial charge in [0.2, 0.25) is 5.91 Å². The van der Waals surface area contributed by atoms with Gasteiger partial charge in [0.15, 0.2) is 0 Å². The number of rotatable bonds is 6. The lowest BCUT2D eigenvalue weighted by atomic mass is 10.2. The lowest BCUT2D eigenvalue weighted by molar-refractivity contribution is -0.126. The maximum absolute atomic E-state index is 11.0. The van der Waals surface area contributed by atoms with Crippen LogP contribution in [0.15, 0.2) is 0 Å². The molecule has 0 aliphatic heterocycles. The fraction of sp³-hybridized carbons (Fsp3) is 0.667. The van der Waals surface area contributed by atoms with Crippen molar-refractivity contribution in [2.24, 2.45) is 0 Å². The summed E-state index contributed by atoms with van der Waals surface area (Å²) in [5.74, 6) is -0.259. The van der Waals surface area contributed by atoms with Gasteiger partial charge < -0.3 is 5.32 Å². The summed E-state index contributed by atoms with van der Waals surface area (Å²) in [6, 6.07) is 0.